The van der Waals surface area contributed by atoms with Crippen LogP contribution in [0.2, 0.25) is 0 Å². The van der Waals surface area contributed by atoms with Crippen LogP contribution in [0.15, 0.2) is 48.9 Å². The van der Waals surface area contributed by atoms with Crippen molar-refractivity contribution in [1.82, 2.24) is 20.3 Å². The maximum atomic E-state index is 12.7. The van der Waals surface area contributed by atoms with E-state index in [1.165, 1.54) is 6.33 Å². The number of carbonyl (C=O) groups excluding carboxylic acids is 2. The number of ether oxygens (including phenoxy) is 1. The molecule has 1 aliphatic heterocycles. The molecule has 0 aliphatic carbocycles. The molecule has 1 amide bonds. The molecule has 1 aliphatic rings. The van der Waals surface area contributed by atoms with Gasteiger partial charge < -0.3 is 25.0 Å². The second-order valence-electron chi connectivity index (χ2n) is 7.54. The number of nitrogens with zero attached hydrogens (tertiary/aromatic N) is 3. The van der Waals surface area contributed by atoms with Crippen molar-refractivity contribution < 1.29 is 19.4 Å². The predicted octanol–water partition coefficient (Wildman–Crippen LogP) is 1.39. The van der Waals surface area contributed by atoms with Gasteiger partial charge in [-0.2, -0.15) is 0 Å². The third-order valence-electron chi connectivity index (χ3n) is 5.51. The summed E-state index contributed by atoms with van der Waals surface area (Å²) in [4.78, 5) is 38.8. The zero-order valence-corrected chi connectivity index (χ0v) is 17.0. The molecule has 9 heteroatoms. The van der Waals surface area contributed by atoms with Gasteiger partial charge in [-0.15, -0.1) is 0 Å². The first-order chi connectivity index (χ1) is 15.2. The average molecular weight is 423 g/mol. The Morgan fingerprint density at radius 1 is 1.19 bits per heavy atom. The molecule has 3 aromatic rings. The molecule has 2 aromatic heterocycles. The Bertz CT molecular complexity index is 1030. The van der Waals surface area contributed by atoms with Gasteiger partial charge in [0.1, 0.15) is 24.4 Å². The van der Waals surface area contributed by atoms with E-state index in [2.05, 4.69) is 25.2 Å². The number of esters is 1. The highest BCUT2D eigenvalue weighted by Crippen LogP contribution is 2.27. The molecule has 162 valence electrons. The van der Waals surface area contributed by atoms with E-state index in [0.717, 1.165) is 22.4 Å². The molecule has 1 atom stereocenters. The molecule has 0 saturated carbocycles. The summed E-state index contributed by atoms with van der Waals surface area (Å²) in [5, 5.41) is 13.2. The van der Waals surface area contributed by atoms with Crippen LogP contribution in [0.3, 0.4) is 0 Å². The van der Waals surface area contributed by atoms with Crippen LogP contribution in [0.1, 0.15) is 18.4 Å². The maximum absolute atomic E-state index is 12.7. The van der Waals surface area contributed by atoms with Gasteiger partial charge in [0.25, 0.3) is 0 Å². The van der Waals surface area contributed by atoms with E-state index in [4.69, 9.17) is 4.74 Å². The molecule has 1 aromatic carbocycles. The van der Waals surface area contributed by atoms with Crippen molar-refractivity contribution in [3.63, 3.8) is 0 Å². The van der Waals surface area contributed by atoms with E-state index in [1.54, 1.807) is 0 Å². The number of aliphatic hydroxyl groups excluding tert-OH is 1. The number of piperidine rings is 1. The van der Waals surface area contributed by atoms with Crippen LogP contribution < -0.4 is 10.2 Å². The van der Waals surface area contributed by atoms with Gasteiger partial charge in [-0.3, -0.25) is 4.79 Å². The second kappa shape index (κ2) is 9.57. The van der Waals surface area contributed by atoms with Crippen molar-refractivity contribution in [1.29, 1.82) is 0 Å². The minimum Gasteiger partial charge on any atom is -0.459 e. The lowest BCUT2D eigenvalue weighted by Crippen LogP contribution is -2.48. The van der Waals surface area contributed by atoms with Crippen LogP contribution in [-0.2, 0) is 20.9 Å². The summed E-state index contributed by atoms with van der Waals surface area (Å²) in [5.74, 6) is -0.281. The molecule has 31 heavy (non-hydrogen) atoms. The van der Waals surface area contributed by atoms with Crippen LogP contribution in [0.25, 0.3) is 11.0 Å². The van der Waals surface area contributed by atoms with Crippen LogP contribution in [0.4, 0.5) is 5.82 Å². The topological polar surface area (TPSA) is 120 Å². The number of benzene rings is 1. The monoisotopic (exact) mass is 423 g/mol. The van der Waals surface area contributed by atoms with E-state index in [9.17, 15) is 14.7 Å². The number of fused-ring (bicyclic) bond motifs is 1. The highest BCUT2D eigenvalue weighted by Gasteiger charge is 2.30. The van der Waals surface area contributed by atoms with Crippen molar-refractivity contribution in [2.75, 3.05) is 24.6 Å². The molecule has 1 fully saturated rings. The van der Waals surface area contributed by atoms with E-state index in [-0.39, 0.29) is 18.4 Å². The molecule has 4 rings (SSSR count). The lowest BCUT2D eigenvalue weighted by molar-refractivity contribution is -0.150. The number of aromatic nitrogens is 3. The number of rotatable bonds is 7. The van der Waals surface area contributed by atoms with Gasteiger partial charge in [-0.25, -0.2) is 14.8 Å². The maximum Gasteiger partial charge on any atom is 0.331 e. The summed E-state index contributed by atoms with van der Waals surface area (Å²) in [6.45, 7) is 0.914. The first-order valence-electron chi connectivity index (χ1n) is 10.3. The Hall–Kier alpha value is -3.46. The molecule has 0 unspecified atom stereocenters. The number of carbonyl (C=O) groups is 2. The van der Waals surface area contributed by atoms with Crippen LogP contribution in [0, 0.1) is 5.92 Å². The second-order valence-corrected chi connectivity index (χ2v) is 7.54. The SMILES string of the molecule is O=C(N[C@@H](CO)C(=O)OCc1ccccc1)C1CCN(c2ncnc3[nH]ccc23)CC1. The lowest BCUT2D eigenvalue weighted by atomic mass is 9.95. The summed E-state index contributed by atoms with van der Waals surface area (Å²) in [5.41, 5.74) is 1.62. The first kappa shape index (κ1) is 20.8. The van der Waals surface area contributed by atoms with E-state index in [1.807, 2.05) is 42.6 Å². The molecule has 0 radical (unpaired) electrons. The Morgan fingerprint density at radius 2 is 1.97 bits per heavy atom. The summed E-state index contributed by atoms with van der Waals surface area (Å²) in [7, 11) is 0. The molecule has 0 bridgehead atoms. The Balaban J connectivity index is 1.29. The van der Waals surface area contributed by atoms with Gasteiger partial charge in [0.2, 0.25) is 5.91 Å². The quantitative estimate of drug-likeness (QED) is 0.491. The zero-order chi connectivity index (χ0) is 21.6. The molecular formula is C22H25N5O4. The van der Waals surface area contributed by atoms with Gasteiger partial charge in [-0.05, 0) is 24.5 Å². The average Bonchev–Trinajstić information content (AvgIpc) is 3.31. The highest BCUT2D eigenvalue weighted by molar-refractivity contribution is 5.88. The van der Waals surface area contributed by atoms with Gasteiger partial charge >= 0.3 is 5.97 Å². The van der Waals surface area contributed by atoms with Crippen LogP contribution in [-0.4, -0.2) is 57.7 Å². The number of nitrogens with one attached hydrogen (secondary N) is 2. The van der Waals surface area contributed by atoms with Gasteiger partial charge in [0.05, 0.1) is 12.0 Å². The normalized spacial score (nSPS) is 15.6. The van der Waals surface area contributed by atoms with Crippen molar-refractivity contribution in [2.45, 2.75) is 25.5 Å². The minimum absolute atomic E-state index is 0.0942. The van der Waals surface area contributed by atoms with Crippen molar-refractivity contribution >= 4 is 28.7 Å². The summed E-state index contributed by atoms with van der Waals surface area (Å²) < 4.78 is 5.24. The Morgan fingerprint density at radius 3 is 2.71 bits per heavy atom. The van der Waals surface area contributed by atoms with Gasteiger partial charge in [-0.1, -0.05) is 30.3 Å². The number of H-pyrrole nitrogens is 1. The number of hydrogen-bond acceptors (Lipinski definition) is 7. The third-order valence-corrected chi connectivity index (χ3v) is 5.51. The van der Waals surface area contributed by atoms with E-state index < -0.39 is 18.6 Å². The molecule has 1 saturated heterocycles. The fourth-order valence-corrected chi connectivity index (χ4v) is 3.76. The van der Waals surface area contributed by atoms with Crippen LogP contribution in [0.5, 0.6) is 0 Å². The molecule has 3 N–H and O–H groups in total. The fourth-order valence-electron chi connectivity index (χ4n) is 3.76. The van der Waals surface area contributed by atoms with E-state index in [0.29, 0.717) is 25.9 Å². The highest BCUT2D eigenvalue weighted by atomic mass is 16.5. The number of anilines is 1. The summed E-state index contributed by atoms with van der Waals surface area (Å²) >= 11 is 0. The van der Waals surface area contributed by atoms with Gasteiger partial charge in [0.15, 0.2) is 6.04 Å². The standard InChI is InChI=1S/C22H25N5O4/c28-12-18(22(30)31-13-15-4-2-1-3-5-15)26-21(29)16-7-10-27(11-8-16)20-17-6-9-23-19(17)24-14-25-20/h1-6,9,14,16,18,28H,7-8,10-13H2,(H,26,29)(H,23,24,25)/t18-/m0/s1. The van der Waals surface area contributed by atoms with Crippen molar-refractivity contribution in [3.05, 3.63) is 54.5 Å². The Kier molecular flexibility index (Phi) is 6.42. The molecular weight excluding hydrogens is 398 g/mol. The number of amides is 1. The molecule has 0 spiro atoms. The van der Waals surface area contributed by atoms with Crippen molar-refractivity contribution in [2.24, 2.45) is 5.92 Å². The van der Waals surface area contributed by atoms with Crippen molar-refractivity contribution in [3.8, 4) is 0 Å². The summed E-state index contributed by atoms with van der Waals surface area (Å²) in [6.07, 6.45) is 4.60. The fraction of sp³-hybridized carbons (Fsp3) is 0.364. The van der Waals surface area contributed by atoms with Crippen LogP contribution >= 0.6 is 0 Å². The number of aliphatic hydroxyl groups is 1. The molecule has 9 nitrogen and oxygen atoms in total. The summed E-state index contributed by atoms with van der Waals surface area (Å²) in [6, 6.07) is 10.1. The predicted molar refractivity (Wildman–Crippen MR) is 114 cm³/mol. The smallest absolute Gasteiger partial charge is 0.331 e. The zero-order valence-electron chi connectivity index (χ0n) is 17.0. The number of hydrogen-bond donors (Lipinski definition) is 3. The molecule has 3 heterocycles. The largest absolute Gasteiger partial charge is 0.459 e. The Labute approximate surface area is 179 Å². The minimum atomic E-state index is -1.07. The lowest BCUT2D eigenvalue weighted by Gasteiger charge is -2.32. The van der Waals surface area contributed by atoms with E-state index >= 15 is 0 Å². The first-order valence-corrected chi connectivity index (χ1v) is 10.3. The third kappa shape index (κ3) is 4.83. The van der Waals surface area contributed by atoms with Gasteiger partial charge in [0, 0.05) is 25.2 Å². The number of aromatic amines is 1.